The van der Waals surface area contributed by atoms with Crippen molar-refractivity contribution in [2.45, 2.75) is 18.1 Å². The van der Waals surface area contributed by atoms with E-state index in [9.17, 15) is 4.79 Å². The molecule has 1 atom stereocenters. The second-order valence-electron chi connectivity index (χ2n) is 5.24. The third kappa shape index (κ3) is 3.07. The fraction of sp³-hybridized carbons (Fsp3) is 0.235. The number of carbonyl (C=O) groups excluding carboxylic acids is 1. The Morgan fingerprint density at radius 3 is 2.79 bits per heavy atom. The van der Waals surface area contributed by atoms with Crippen molar-refractivity contribution >= 4 is 29.8 Å². The van der Waals surface area contributed by atoms with Crippen molar-refractivity contribution < 1.29 is 9.53 Å². The molecule has 0 unspecified atom stereocenters. The second-order valence-corrected chi connectivity index (χ2v) is 6.01. The van der Waals surface area contributed by atoms with Crippen LogP contribution in [-0.2, 0) is 9.53 Å². The molecule has 24 heavy (non-hydrogen) atoms. The van der Waals surface area contributed by atoms with E-state index in [0.29, 0.717) is 16.7 Å². The molecule has 1 N–H and O–H groups in total. The number of nitrogens with one attached hydrogen (secondary N) is 1. The van der Waals surface area contributed by atoms with Gasteiger partial charge in [-0.05, 0) is 18.7 Å². The van der Waals surface area contributed by atoms with Gasteiger partial charge in [0.15, 0.2) is 0 Å². The summed E-state index contributed by atoms with van der Waals surface area (Å²) < 4.78 is 6.67. The first-order chi connectivity index (χ1) is 11.6. The lowest BCUT2D eigenvalue weighted by atomic mass is 10.0. The largest absolute Gasteiger partial charge is 0.466 e. The number of esters is 1. The summed E-state index contributed by atoms with van der Waals surface area (Å²) in [4.78, 5) is 16.7. The summed E-state index contributed by atoms with van der Waals surface area (Å²) in [5.41, 5.74) is 2.29. The minimum Gasteiger partial charge on any atom is -0.466 e. The van der Waals surface area contributed by atoms with Gasteiger partial charge < -0.3 is 10.1 Å². The van der Waals surface area contributed by atoms with Crippen molar-refractivity contribution in [3.63, 3.8) is 0 Å². The smallest absolute Gasteiger partial charge is 0.338 e. The second kappa shape index (κ2) is 6.92. The number of aromatic nitrogens is 3. The summed E-state index contributed by atoms with van der Waals surface area (Å²) in [6, 6.07) is 9.53. The van der Waals surface area contributed by atoms with Gasteiger partial charge >= 0.3 is 5.97 Å². The Hall–Kier alpha value is -2.54. The number of hydrogen-bond donors (Lipinski definition) is 1. The van der Waals surface area contributed by atoms with E-state index in [2.05, 4.69) is 15.4 Å². The zero-order valence-electron chi connectivity index (χ0n) is 13.7. The van der Waals surface area contributed by atoms with Crippen LogP contribution in [-0.4, -0.2) is 34.1 Å². The first kappa shape index (κ1) is 16.3. The number of fused-ring (bicyclic) bond motifs is 1. The first-order valence-electron chi connectivity index (χ1n) is 7.44. The van der Waals surface area contributed by atoms with Crippen molar-refractivity contribution in [3.05, 3.63) is 53.2 Å². The number of allylic oxidation sites excluding steroid dienone is 2. The Kier molecular flexibility index (Phi) is 4.71. The number of methoxy groups -OCH3 is 1. The Morgan fingerprint density at radius 1 is 1.38 bits per heavy atom. The molecule has 0 aliphatic carbocycles. The number of carbonyl (C=O) groups is 1. The number of anilines is 1. The first-order valence-corrected chi connectivity index (χ1v) is 8.66. The average Bonchev–Trinajstić information content (AvgIpc) is 3.02. The Bertz CT molecular complexity index is 811. The van der Waals surface area contributed by atoms with E-state index in [1.54, 1.807) is 4.68 Å². The molecule has 0 fully saturated rings. The van der Waals surface area contributed by atoms with Crippen molar-refractivity contribution in [3.8, 4) is 0 Å². The van der Waals surface area contributed by atoms with Crippen LogP contribution in [0.2, 0.25) is 0 Å². The van der Waals surface area contributed by atoms with E-state index >= 15 is 0 Å². The van der Waals surface area contributed by atoms with Crippen molar-refractivity contribution in [1.29, 1.82) is 0 Å². The van der Waals surface area contributed by atoms with Crippen molar-refractivity contribution in [2.75, 3.05) is 18.7 Å². The highest BCUT2D eigenvalue weighted by atomic mass is 32.2. The van der Waals surface area contributed by atoms with E-state index < -0.39 is 0 Å². The van der Waals surface area contributed by atoms with Crippen LogP contribution in [0, 0.1) is 0 Å². The summed E-state index contributed by atoms with van der Waals surface area (Å²) in [5, 5.41) is 8.25. The van der Waals surface area contributed by atoms with Gasteiger partial charge in [0.1, 0.15) is 6.04 Å². The molecule has 2 aromatic rings. The van der Waals surface area contributed by atoms with Gasteiger partial charge in [0.2, 0.25) is 11.1 Å². The average molecular weight is 342 g/mol. The standard InChI is InChI=1S/C17H18N4O2S/c1-11-14(15(22)23-2)13(10-9-12-7-5-4-6-8-12)21-16(18-11)19-17(20-21)24-3/h4-10,13H,1-3H3,(H,18,19,20)/b10-9+/t13-/m1/s1. The SMILES string of the molecule is COC(=O)C1=C(C)Nc2nc(SC)nn2[C@@H]1/C=C/c1ccccc1. The quantitative estimate of drug-likeness (QED) is 0.680. The molecule has 124 valence electrons. The Labute approximate surface area is 144 Å². The molecule has 0 radical (unpaired) electrons. The van der Waals surface area contributed by atoms with Gasteiger partial charge in [0.25, 0.3) is 0 Å². The summed E-state index contributed by atoms with van der Waals surface area (Å²) >= 11 is 1.45. The molecule has 6 nitrogen and oxygen atoms in total. The highest BCUT2D eigenvalue weighted by molar-refractivity contribution is 7.98. The Balaban J connectivity index is 2.05. The molecule has 3 rings (SSSR count). The van der Waals surface area contributed by atoms with Gasteiger partial charge in [0, 0.05) is 5.70 Å². The van der Waals surface area contributed by atoms with Gasteiger partial charge in [-0.15, -0.1) is 5.10 Å². The zero-order chi connectivity index (χ0) is 17.1. The third-order valence-electron chi connectivity index (χ3n) is 3.73. The normalized spacial score (nSPS) is 16.9. The van der Waals surface area contributed by atoms with E-state index in [0.717, 1.165) is 11.3 Å². The maximum Gasteiger partial charge on any atom is 0.338 e. The number of nitrogens with zero attached hydrogens (tertiary/aromatic N) is 3. The van der Waals surface area contributed by atoms with Crippen LogP contribution in [0.1, 0.15) is 18.5 Å². The van der Waals surface area contributed by atoms with Crippen molar-refractivity contribution in [2.24, 2.45) is 0 Å². The minimum absolute atomic E-state index is 0.373. The molecule has 0 amide bonds. The highest BCUT2D eigenvalue weighted by Crippen LogP contribution is 2.33. The molecule has 1 aromatic carbocycles. The molecule has 7 heteroatoms. The predicted molar refractivity (Wildman–Crippen MR) is 94.7 cm³/mol. The summed E-state index contributed by atoms with van der Waals surface area (Å²) in [7, 11) is 1.38. The molecule has 1 aromatic heterocycles. The third-order valence-corrected chi connectivity index (χ3v) is 4.27. The number of hydrogen-bond acceptors (Lipinski definition) is 6. The molecule has 1 aliphatic heterocycles. The van der Waals surface area contributed by atoms with Gasteiger partial charge in [0.05, 0.1) is 12.7 Å². The molecule has 0 spiro atoms. The van der Waals surface area contributed by atoms with Gasteiger partial charge in [-0.25, -0.2) is 9.48 Å². The van der Waals surface area contributed by atoms with E-state index in [1.165, 1.54) is 18.9 Å². The zero-order valence-corrected chi connectivity index (χ0v) is 14.5. The van der Waals surface area contributed by atoms with E-state index in [4.69, 9.17) is 4.74 Å². The predicted octanol–water partition coefficient (Wildman–Crippen LogP) is 3.13. The molecule has 2 heterocycles. The monoisotopic (exact) mass is 342 g/mol. The van der Waals surface area contributed by atoms with E-state index in [-0.39, 0.29) is 12.0 Å². The molecule has 0 bridgehead atoms. The van der Waals surface area contributed by atoms with Crippen molar-refractivity contribution in [1.82, 2.24) is 14.8 Å². The molecule has 1 aliphatic rings. The highest BCUT2D eigenvalue weighted by Gasteiger charge is 2.31. The van der Waals surface area contributed by atoms with Crippen LogP contribution in [0.5, 0.6) is 0 Å². The van der Waals surface area contributed by atoms with Gasteiger partial charge in [-0.1, -0.05) is 54.2 Å². The lowest BCUT2D eigenvalue weighted by Crippen LogP contribution is -2.27. The van der Waals surface area contributed by atoms with Crippen LogP contribution < -0.4 is 5.32 Å². The fourth-order valence-electron chi connectivity index (χ4n) is 2.58. The molecule has 0 saturated heterocycles. The summed E-state index contributed by atoms with van der Waals surface area (Å²) in [5.74, 6) is 0.238. The molecular weight excluding hydrogens is 324 g/mol. The molecular formula is C17H18N4O2S. The van der Waals surface area contributed by atoms with Crippen LogP contribution in [0.25, 0.3) is 6.08 Å². The molecule has 0 saturated carbocycles. The van der Waals surface area contributed by atoms with Gasteiger partial charge in [-0.3, -0.25) is 0 Å². The lowest BCUT2D eigenvalue weighted by Gasteiger charge is -2.25. The number of ether oxygens (including phenoxy) is 1. The lowest BCUT2D eigenvalue weighted by molar-refractivity contribution is -0.136. The van der Waals surface area contributed by atoms with Crippen LogP contribution in [0.4, 0.5) is 5.95 Å². The maximum atomic E-state index is 12.3. The van der Waals surface area contributed by atoms with E-state index in [1.807, 2.05) is 55.7 Å². The fourth-order valence-corrected chi connectivity index (χ4v) is 2.92. The number of thioether (sulfide) groups is 1. The van der Waals surface area contributed by atoms with Gasteiger partial charge in [-0.2, -0.15) is 4.98 Å². The summed E-state index contributed by atoms with van der Waals surface area (Å²) in [6.45, 7) is 1.84. The van der Waals surface area contributed by atoms with Crippen LogP contribution in [0.15, 0.2) is 52.8 Å². The van der Waals surface area contributed by atoms with Crippen LogP contribution >= 0.6 is 11.8 Å². The summed E-state index contributed by atoms with van der Waals surface area (Å²) in [6.07, 6.45) is 5.82. The van der Waals surface area contributed by atoms with Crippen LogP contribution in [0.3, 0.4) is 0 Å². The Morgan fingerprint density at radius 2 is 2.12 bits per heavy atom. The topological polar surface area (TPSA) is 69.0 Å². The minimum atomic E-state index is -0.380. The number of rotatable bonds is 4. The maximum absolute atomic E-state index is 12.3. The number of benzene rings is 1.